The van der Waals surface area contributed by atoms with Crippen LogP contribution in [0, 0.1) is 0 Å². The van der Waals surface area contributed by atoms with Crippen molar-refractivity contribution in [1.29, 1.82) is 0 Å². The molecule has 2 heteroatoms. The van der Waals surface area contributed by atoms with Gasteiger partial charge in [0.25, 0.3) is 0 Å². The van der Waals surface area contributed by atoms with E-state index in [2.05, 4.69) is 48.6 Å². The lowest BCUT2D eigenvalue weighted by Crippen LogP contribution is -2.13. The molecular formula is C20H21NO. The Morgan fingerprint density at radius 1 is 0.818 bits per heavy atom. The predicted octanol–water partition coefficient (Wildman–Crippen LogP) is 5.13. The summed E-state index contributed by atoms with van der Waals surface area (Å²) in [6, 6.07) is 22.8. The molecule has 0 aliphatic carbocycles. The minimum absolute atomic E-state index is 0.870. The molecule has 0 spiro atoms. The third-order valence-corrected chi connectivity index (χ3v) is 3.64. The molecule has 0 unspecified atom stereocenters. The molecule has 2 nitrogen and oxygen atoms in total. The van der Waals surface area contributed by atoms with E-state index in [-0.39, 0.29) is 0 Å². The van der Waals surface area contributed by atoms with E-state index in [9.17, 15) is 0 Å². The van der Waals surface area contributed by atoms with Crippen molar-refractivity contribution < 1.29 is 4.74 Å². The maximum Gasteiger partial charge on any atom is 0.128 e. The fraction of sp³-hybridized carbons (Fsp3) is 0.200. The van der Waals surface area contributed by atoms with Gasteiger partial charge in [0.05, 0.1) is 0 Å². The lowest BCUT2D eigenvalue weighted by Gasteiger charge is -2.08. The summed E-state index contributed by atoms with van der Waals surface area (Å²) in [5.41, 5.74) is 1.28. The minimum atomic E-state index is 0.870. The molecule has 112 valence electrons. The van der Waals surface area contributed by atoms with Crippen LogP contribution in [0.5, 0.6) is 11.5 Å². The average Bonchev–Trinajstić information content (AvgIpc) is 2.57. The number of hydrogen-bond donors (Lipinski definition) is 1. The molecule has 3 aromatic carbocycles. The van der Waals surface area contributed by atoms with E-state index < -0.39 is 0 Å². The molecule has 0 bridgehead atoms. The highest BCUT2D eigenvalue weighted by Gasteiger charge is 2.00. The molecular weight excluding hydrogens is 270 g/mol. The van der Waals surface area contributed by atoms with Crippen molar-refractivity contribution in [3.05, 3.63) is 72.3 Å². The Balaban J connectivity index is 1.68. The van der Waals surface area contributed by atoms with Gasteiger partial charge in [0, 0.05) is 6.54 Å². The van der Waals surface area contributed by atoms with Gasteiger partial charge >= 0.3 is 0 Å². The van der Waals surface area contributed by atoms with Crippen molar-refractivity contribution in [1.82, 2.24) is 5.32 Å². The first kappa shape index (κ1) is 14.6. The van der Waals surface area contributed by atoms with Crippen LogP contribution in [0.2, 0.25) is 0 Å². The predicted molar refractivity (Wildman–Crippen MR) is 92.5 cm³/mol. The zero-order valence-electron chi connectivity index (χ0n) is 12.9. The van der Waals surface area contributed by atoms with Crippen molar-refractivity contribution in [3.63, 3.8) is 0 Å². The van der Waals surface area contributed by atoms with E-state index >= 15 is 0 Å². The molecule has 0 saturated carbocycles. The van der Waals surface area contributed by atoms with Gasteiger partial charge in [-0.2, -0.15) is 0 Å². The topological polar surface area (TPSA) is 21.3 Å². The zero-order chi connectivity index (χ0) is 15.2. The van der Waals surface area contributed by atoms with Crippen molar-refractivity contribution in [2.75, 3.05) is 6.54 Å². The van der Waals surface area contributed by atoms with E-state index in [1.807, 2.05) is 30.3 Å². The van der Waals surface area contributed by atoms with E-state index in [4.69, 9.17) is 4.74 Å². The Bertz CT molecular complexity index is 734. The first-order chi connectivity index (χ1) is 10.8. The third kappa shape index (κ3) is 3.66. The average molecular weight is 291 g/mol. The lowest BCUT2D eigenvalue weighted by atomic mass is 10.1. The largest absolute Gasteiger partial charge is 0.457 e. The monoisotopic (exact) mass is 291 g/mol. The Morgan fingerprint density at radius 3 is 2.32 bits per heavy atom. The van der Waals surface area contributed by atoms with Gasteiger partial charge in [0.2, 0.25) is 0 Å². The second kappa shape index (κ2) is 7.10. The molecule has 0 aromatic heterocycles. The Labute approximate surface area is 131 Å². The van der Waals surface area contributed by atoms with Crippen molar-refractivity contribution >= 4 is 10.8 Å². The van der Waals surface area contributed by atoms with Crippen LogP contribution in [0.15, 0.2) is 66.7 Å². The normalized spacial score (nSPS) is 10.8. The van der Waals surface area contributed by atoms with Gasteiger partial charge in [-0.05, 0) is 53.6 Å². The van der Waals surface area contributed by atoms with Crippen molar-refractivity contribution in [3.8, 4) is 11.5 Å². The molecule has 0 fully saturated rings. The first-order valence-electron chi connectivity index (χ1n) is 7.81. The van der Waals surface area contributed by atoms with Crippen LogP contribution >= 0.6 is 0 Å². The zero-order valence-corrected chi connectivity index (χ0v) is 12.9. The van der Waals surface area contributed by atoms with E-state index in [1.165, 1.54) is 16.3 Å². The van der Waals surface area contributed by atoms with Crippen LogP contribution in [0.1, 0.15) is 18.9 Å². The van der Waals surface area contributed by atoms with Crippen molar-refractivity contribution in [2.24, 2.45) is 0 Å². The molecule has 0 amide bonds. The molecule has 0 aliphatic heterocycles. The Morgan fingerprint density at radius 2 is 1.55 bits per heavy atom. The number of fused-ring (bicyclic) bond motifs is 1. The van der Waals surface area contributed by atoms with Gasteiger partial charge in [0.1, 0.15) is 11.5 Å². The molecule has 0 atom stereocenters. The van der Waals surface area contributed by atoms with E-state index in [0.717, 1.165) is 31.0 Å². The van der Waals surface area contributed by atoms with Crippen LogP contribution < -0.4 is 10.1 Å². The van der Waals surface area contributed by atoms with E-state index in [0.29, 0.717) is 0 Å². The molecule has 0 saturated heterocycles. The van der Waals surface area contributed by atoms with Gasteiger partial charge < -0.3 is 10.1 Å². The van der Waals surface area contributed by atoms with E-state index in [1.54, 1.807) is 0 Å². The Kier molecular flexibility index (Phi) is 4.71. The summed E-state index contributed by atoms with van der Waals surface area (Å²) < 4.78 is 5.95. The fourth-order valence-electron chi connectivity index (χ4n) is 2.45. The quantitative estimate of drug-likeness (QED) is 0.635. The van der Waals surface area contributed by atoms with Crippen LogP contribution in [0.4, 0.5) is 0 Å². The highest BCUT2D eigenvalue weighted by atomic mass is 16.5. The molecule has 22 heavy (non-hydrogen) atoms. The summed E-state index contributed by atoms with van der Waals surface area (Å²) in [5, 5.41) is 5.82. The molecule has 3 aromatic rings. The van der Waals surface area contributed by atoms with Gasteiger partial charge in [-0.25, -0.2) is 0 Å². The SMILES string of the molecule is CCCNCc1ccc(Oc2ccc3ccccc3c2)cc1. The maximum absolute atomic E-state index is 5.95. The number of benzene rings is 3. The fourth-order valence-corrected chi connectivity index (χ4v) is 2.45. The van der Waals surface area contributed by atoms with Gasteiger partial charge in [0.15, 0.2) is 0 Å². The lowest BCUT2D eigenvalue weighted by molar-refractivity contribution is 0.483. The van der Waals surface area contributed by atoms with Crippen molar-refractivity contribution in [2.45, 2.75) is 19.9 Å². The first-order valence-corrected chi connectivity index (χ1v) is 7.81. The van der Waals surface area contributed by atoms with Crippen LogP contribution in [0.3, 0.4) is 0 Å². The maximum atomic E-state index is 5.95. The summed E-state index contributed by atoms with van der Waals surface area (Å²) in [5.74, 6) is 1.74. The standard InChI is InChI=1S/C20H21NO/c1-2-13-21-15-16-7-10-19(11-8-16)22-20-12-9-17-5-3-4-6-18(17)14-20/h3-12,14,21H,2,13,15H2,1H3. The number of rotatable bonds is 6. The molecule has 0 aliphatic rings. The van der Waals surface area contributed by atoms with Crippen LogP contribution in [-0.2, 0) is 6.54 Å². The van der Waals surface area contributed by atoms with Crippen LogP contribution in [0.25, 0.3) is 10.8 Å². The number of hydrogen-bond acceptors (Lipinski definition) is 2. The molecule has 0 radical (unpaired) electrons. The Hall–Kier alpha value is -2.32. The van der Waals surface area contributed by atoms with Gasteiger partial charge in [-0.1, -0.05) is 49.4 Å². The van der Waals surface area contributed by atoms with Crippen LogP contribution in [-0.4, -0.2) is 6.54 Å². The summed E-state index contributed by atoms with van der Waals surface area (Å²) in [4.78, 5) is 0. The molecule has 0 heterocycles. The summed E-state index contributed by atoms with van der Waals surface area (Å²) in [7, 11) is 0. The second-order valence-corrected chi connectivity index (χ2v) is 5.43. The summed E-state index contributed by atoms with van der Waals surface area (Å²) in [6.45, 7) is 4.13. The third-order valence-electron chi connectivity index (χ3n) is 3.64. The summed E-state index contributed by atoms with van der Waals surface area (Å²) in [6.07, 6.45) is 1.16. The van der Waals surface area contributed by atoms with Gasteiger partial charge in [-0.15, -0.1) is 0 Å². The van der Waals surface area contributed by atoms with Gasteiger partial charge in [-0.3, -0.25) is 0 Å². The minimum Gasteiger partial charge on any atom is -0.457 e. The molecule has 3 rings (SSSR count). The summed E-state index contributed by atoms with van der Waals surface area (Å²) >= 11 is 0. The second-order valence-electron chi connectivity index (χ2n) is 5.43. The number of ether oxygens (including phenoxy) is 1. The highest BCUT2D eigenvalue weighted by Crippen LogP contribution is 2.25. The smallest absolute Gasteiger partial charge is 0.128 e. The highest BCUT2D eigenvalue weighted by molar-refractivity contribution is 5.83. The molecule has 1 N–H and O–H groups in total. The number of nitrogens with one attached hydrogen (secondary N) is 1.